The average molecular weight is 1880 g/mol. The first kappa shape index (κ1) is 105. The number of halogens is 3. The van der Waals surface area contributed by atoms with Gasteiger partial charge in [-0.3, -0.25) is 49.2 Å². The number of guanidine groups is 1. The predicted octanol–water partition coefficient (Wildman–Crippen LogP) is 11.6. The van der Waals surface area contributed by atoms with E-state index in [4.69, 9.17) is 63.4 Å². The molecular formula is C92H132F3N4O23PS4. The predicted molar refractivity (Wildman–Crippen MR) is 475 cm³/mol. The van der Waals surface area contributed by atoms with Crippen LogP contribution in [0, 0.1) is 68.0 Å². The second kappa shape index (κ2) is 43.4. The SMILES string of the molecule is CC1=C2[C@@H](C)C(=O)[C@@]3(C)[C@H]([C@H](C)[C@](O)(C[C@@H]1OC(=O)[C@H](OC(=O)CCCSSCCOP(=O)(OCCO)OCCCCCC[NH+]=C(N)N)[C@@H](C)c1ccccc1)C2(C)C)[C@]1(C)CO[C@@H]1C[C@@H]3O.CC1=C2[C@@H](C)C(=O)[C@@]3(C)[C@H]([C@H](C)[C@](O)(C[C@@H]1OC(=O)[C@H](OC(=O)CCCSSc1ccccn1)[C@@H](C)c1ccccc1)C2(C)C)[C@]1(C)CO[C@@H]1C[C@@H]3O.O=C([O-])C(F)(F)F. The third-order valence-corrected chi connectivity index (χ3v) is 35.3. The number of hydrogen-bond acceptors (Lipinski definition) is 28. The maximum atomic E-state index is 14.9. The number of nitrogens with one attached hydrogen (secondary N) is 1. The summed E-state index contributed by atoms with van der Waals surface area (Å²) in [6.45, 7) is 32.1. The number of pyridine rings is 1. The zero-order chi connectivity index (χ0) is 94.0. The summed E-state index contributed by atoms with van der Waals surface area (Å²) < 4.78 is 97.5. The molecule has 35 heteroatoms. The van der Waals surface area contributed by atoms with Crippen LogP contribution >= 0.6 is 51.0 Å². The first-order valence-electron chi connectivity index (χ1n) is 44.0. The smallest absolute Gasteiger partial charge is 0.474 e. The van der Waals surface area contributed by atoms with Gasteiger partial charge >= 0.3 is 43.8 Å². The Bertz CT molecular complexity index is 4460. The molecule has 11 rings (SSSR count). The van der Waals surface area contributed by atoms with Crippen LogP contribution in [-0.4, -0.2) is 208 Å². The number of nitrogens with two attached hydrogens (primary N) is 2. The number of aromatic nitrogens is 1. The number of rotatable bonds is 36. The van der Waals surface area contributed by atoms with E-state index in [1.165, 1.54) is 21.6 Å². The minimum absolute atomic E-state index is 0.0382. The van der Waals surface area contributed by atoms with Gasteiger partial charge in [0.25, 0.3) is 0 Å². The van der Waals surface area contributed by atoms with Crippen molar-refractivity contribution >= 4 is 98.4 Å². The molecule has 708 valence electrons. The van der Waals surface area contributed by atoms with Gasteiger partial charge in [-0.25, -0.2) is 19.1 Å². The van der Waals surface area contributed by atoms with Gasteiger partial charge in [0.15, 0.2) is 0 Å². The van der Waals surface area contributed by atoms with Gasteiger partial charge in [0, 0.05) is 107 Å². The second-order valence-corrected chi connectivity index (χ2v) is 44.1. The van der Waals surface area contributed by atoms with Crippen molar-refractivity contribution in [3.8, 4) is 0 Å². The number of alkyl halides is 3. The van der Waals surface area contributed by atoms with Crippen molar-refractivity contribution in [2.24, 2.45) is 79.5 Å². The zero-order valence-electron chi connectivity index (χ0n) is 75.8. The number of aliphatic carboxylic acids is 1. The maximum Gasteiger partial charge on any atom is 0.474 e. The van der Waals surface area contributed by atoms with Gasteiger partial charge in [-0.05, 0) is 133 Å². The number of ether oxygens (including phenoxy) is 6. The number of aliphatic hydroxyl groups excluding tert-OH is 3. The lowest BCUT2D eigenvalue weighted by molar-refractivity contribution is -0.459. The number of benzene rings is 2. The van der Waals surface area contributed by atoms with E-state index in [-0.39, 0.29) is 87.8 Å². The minimum atomic E-state index is -5.19. The number of unbranched alkanes of at least 4 members (excludes halogenated alkanes) is 3. The lowest BCUT2D eigenvalue weighted by Crippen LogP contribution is -2.78. The molecule has 2 aromatic carbocycles. The fourth-order valence-corrected chi connectivity index (χ4v) is 27.3. The summed E-state index contributed by atoms with van der Waals surface area (Å²) >= 11 is 0. The highest BCUT2D eigenvalue weighted by Gasteiger charge is 2.75. The van der Waals surface area contributed by atoms with Gasteiger partial charge in [0.2, 0.25) is 12.2 Å². The molecule has 6 aliphatic carbocycles. The molecule has 4 bridgehead atoms. The number of nitrogens with zero attached hydrogens (tertiary/aromatic N) is 1. The molecule has 27 nitrogen and oxygen atoms in total. The summed E-state index contributed by atoms with van der Waals surface area (Å²) in [6, 6.07) is 24.4. The molecule has 0 spiro atoms. The van der Waals surface area contributed by atoms with Gasteiger partial charge in [-0.15, -0.1) is 0 Å². The Hall–Kier alpha value is -5.95. The van der Waals surface area contributed by atoms with Crippen LogP contribution in [0.1, 0.15) is 211 Å². The van der Waals surface area contributed by atoms with E-state index in [0.29, 0.717) is 85.8 Å². The first-order valence-corrected chi connectivity index (χ1v) is 50.2. The number of hydrogen-bond donors (Lipinski definition) is 8. The second-order valence-electron chi connectivity index (χ2n) is 37.3. The Morgan fingerprint density at radius 1 is 0.606 bits per heavy atom. The van der Waals surface area contributed by atoms with Crippen molar-refractivity contribution < 1.29 is 129 Å². The van der Waals surface area contributed by atoms with E-state index in [2.05, 4.69) is 23.8 Å². The number of aliphatic hydroxyl groups is 5. The highest BCUT2D eigenvalue weighted by Crippen LogP contribution is 2.70. The number of carboxylic acids is 1. The molecule has 0 amide bonds. The van der Waals surface area contributed by atoms with E-state index in [9.17, 15) is 72.0 Å². The standard InChI is InChI=1S/C48H76N3O13PS2.C42H55NO8S2.C2HF3O2/c1-30(34-17-12-11-13-18-34)40(64-38(54)19-16-25-66-67-26-24-62-65(58,61-23-21-52)60-22-15-10-9-14-20-51-44(49)50)43(56)63-35-28-48(57)33(4)41-46(7)29-59-37(46)27-36(53)47(41,8)42(55)32(3)39(31(35)2)45(48,5)6;1-24(28-15-10-9-11-16-28)35(51-33(45)18-14-20-52-53-32-17-12-13-19-43-32)38(47)50-29-22-42(48)27(4)36-40(7)23-49-31(40)21-30(44)41(36,8)37(46)26(3)34(25(29)2)39(42,5)6;3-2(4,5)1(6)7/h11-13,17-18,30,32-33,35-37,40-41,52-53,57H,9-10,14-16,19-29H2,1-8H3,(H4,49,50,51);9-13,15-17,19,24,26-27,29-31,35-36,44,48H,14,18,20-23H2,1-8H3;(H,6,7)/t30-,32+,33-,35-,36-,37+,40+,41+,46+,47+,48+,65?;24-,26+,27-,29-,30-,31+,35+,36+,40+,41+,42+;/m00./s1. The summed E-state index contributed by atoms with van der Waals surface area (Å²) in [6.07, 6.45) is -4.80. The molecule has 2 saturated heterocycles. The van der Waals surface area contributed by atoms with Crippen molar-refractivity contribution in [1.29, 1.82) is 0 Å². The van der Waals surface area contributed by atoms with Crippen LogP contribution in [0.3, 0.4) is 0 Å². The normalized spacial score (nSPS) is 32.3. The molecule has 0 radical (unpaired) electrons. The molecule has 1 aromatic heterocycles. The molecular weight excluding hydrogens is 1750 g/mol. The number of phosphoric ester groups is 1. The van der Waals surface area contributed by atoms with E-state index in [0.717, 1.165) is 41.0 Å². The zero-order valence-corrected chi connectivity index (χ0v) is 79.9. The summed E-state index contributed by atoms with van der Waals surface area (Å²) in [5.41, 5.74) is 7.44. The molecule has 4 saturated carbocycles. The fraction of sp³-hybridized carbons (Fsp3) is 0.685. The molecule has 10 N–H and O–H groups in total. The van der Waals surface area contributed by atoms with E-state index in [1.807, 2.05) is 176 Å². The molecule has 23 atom stereocenters. The number of Topliss-reactive ketones (excluding diaryl/α,β-unsaturated/α-hetero) is 2. The molecule has 1 unspecified atom stereocenters. The van der Waals surface area contributed by atoms with Crippen LogP contribution in [0.25, 0.3) is 0 Å². The largest absolute Gasteiger partial charge is 0.542 e. The highest BCUT2D eigenvalue weighted by molar-refractivity contribution is 8.77. The Kier molecular flexibility index (Phi) is 35.8. The topological polar surface area (TPSA) is 423 Å². The molecule has 8 aliphatic rings. The van der Waals surface area contributed by atoms with Crippen LogP contribution in [-0.2, 0) is 80.1 Å². The number of carbonyl (C=O) groups is 7. The fourth-order valence-electron chi connectivity index (χ4n) is 22.1. The number of ketones is 2. The highest BCUT2D eigenvalue weighted by atomic mass is 33.1. The monoisotopic (exact) mass is 1880 g/mol. The van der Waals surface area contributed by atoms with E-state index in [1.54, 1.807) is 27.8 Å². The number of carboxylic acid groups (broad SMARTS) is 1. The summed E-state index contributed by atoms with van der Waals surface area (Å²) in [4.78, 5) is 101. The summed E-state index contributed by atoms with van der Waals surface area (Å²) in [5.74, 6) is -7.98. The van der Waals surface area contributed by atoms with Gasteiger partial charge in [-0.1, -0.05) is 195 Å². The number of esters is 4. The van der Waals surface area contributed by atoms with Crippen LogP contribution < -0.4 is 21.6 Å². The van der Waals surface area contributed by atoms with Crippen molar-refractivity contribution in [3.63, 3.8) is 0 Å². The Labute approximate surface area is 760 Å². The summed E-state index contributed by atoms with van der Waals surface area (Å²) in [7, 11) is 2.25. The third kappa shape index (κ3) is 22.4. The van der Waals surface area contributed by atoms with Gasteiger partial charge in [-0.2, -0.15) is 13.2 Å². The summed E-state index contributed by atoms with van der Waals surface area (Å²) in [5, 5.41) is 68.5. The first-order chi connectivity index (χ1) is 59.5. The van der Waals surface area contributed by atoms with Gasteiger partial charge < -0.3 is 63.9 Å². The van der Waals surface area contributed by atoms with Gasteiger partial charge in [0.1, 0.15) is 34.8 Å². The van der Waals surface area contributed by atoms with Crippen molar-refractivity contribution in [1.82, 2.24) is 4.98 Å². The van der Waals surface area contributed by atoms with Crippen LogP contribution in [0.4, 0.5) is 13.2 Å². The van der Waals surface area contributed by atoms with E-state index < -0.39 is 166 Å². The Morgan fingerprint density at radius 2 is 1.02 bits per heavy atom. The van der Waals surface area contributed by atoms with Gasteiger partial charge in [0.05, 0.1) is 92.6 Å². The van der Waals surface area contributed by atoms with Crippen molar-refractivity contribution in [2.45, 2.75) is 271 Å². The average Bonchev–Trinajstić information content (AvgIpc) is 0.678. The Morgan fingerprint density at radius 3 is 1.42 bits per heavy atom. The van der Waals surface area contributed by atoms with Crippen LogP contribution in [0.2, 0.25) is 0 Å². The van der Waals surface area contributed by atoms with Crippen molar-refractivity contribution in [2.75, 3.05) is 63.4 Å². The lowest BCUT2D eigenvalue weighted by Gasteiger charge is -2.68. The quantitative estimate of drug-likeness (QED) is 0.00392. The minimum Gasteiger partial charge on any atom is -0.542 e. The van der Waals surface area contributed by atoms with Crippen molar-refractivity contribution in [3.05, 3.63) is 118 Å². The molecule has 127 heavy (non-hydrogen) atoms. The molecule has 2 aliphatic heterocycles. The van der Waals surface area contributed by atoms with E-state index >= 15 is 0 Å². The molecule has 3 heterocycles. The lowest BCUT2D eigenvalue weighted by atomic mass is 9.40. The third-order valence-electron chi connectivity index (χ3n) is 29.0. The molecule has 6 fully saturated rings. The van der Waals surface area contributed by atoms with Crippen LogP contribution in [0.15, 0.2) is 112 Å². The maximum absolute atomic E-state index is 14.9. The number of fused-ring (bicyclic) bond motifs is 10. The number of carbonyl (C=O) groups excluding carboxylic acids is 7. The number of phosphoric acid groups is 1. The Balaban J connectivity index is 0.000000272. The van der Waals surface area contributed by atoms with Crippen LogP contribution in [0.5, 0.6) is 0 Å². The molecule has 3 aromatic rings.